The van der Waals surface area contributed by atoms with Gasteiger partial charge in [0.1, 0.15) is 11.5 Å². The number of carbonyl (C=O) groups is 2. The maximum absolute atomic E-state index is 13.2. The van der Waals surface area contributed by atoms with Gasteiger partial charge in [-0.1, -0.05) is 35.3 Å². The third-order valence-electron chi connectivity index (χ3n) is 6.74. The van der Waals surface area contributed by atoms with Gasteiger partial charge in [0.05, 0.1) is 21.2 Å². The number of nitrogens with one attached hydrogen (secondary N) is 2. The fourth-order valence-corrected chi connectivity index (χ4v) is 5.86. The Kier molecular flexibility index (Phi) is 8.02. The van der Waals surface area contributed by atoms with Crippen molar-refractivity contribution >= 4 is 50.7 Å². The number of amides is 2. The summed E-state index contributed by atoms with van der Waals surface area (Å²) in [5.74, 6) is 0.799. The third-order valence-corrected chi connectivity index (χ3v) is 8.67. The molecular weight excluding hydrogens is 561 g/mol. The quantitative estimate of drug-likeness (QED) is 0.351. The van der Waals surface area contributed by atoms with E-state index in [9.17, 15) is 18.0 Å². The van der Waals surface area contributed by atoms with E-state index in [1.807, 2.05) is 4.90 Å². The molecule has 1 heterocycles. The normalized spacial score (nSPS) is 16.0. The van der Waals surface area contributed by atoms with Crippen LogP contribution < -0.4 is 14.8 Å². The molecule has 0 aromatic heterocycles. The fraction of sp³-hybridized carbons (Fsp3) is 0.286. The lowest BCUT2D eigenvalue weighted by Crippen LogP contribution is -2.47. The Labute approximate surface area is 237 Å². The van der Waals surface area contributed by atoms with Gasteiger partial charge in [-0.15, -0.1) is 0 Å². The zero-order valence-corrected chi connectivity index (χ0v) is 23.2. The Morgan fingerprint density at radius 3 is 2.26 bits per heavy atom. The van der Waals surface area contributed by atoms with Gasteiger partial charge < -0.3 is 15.0 Å². The molecule has 11 heteroatoms. The van der Waals surface area contributed by atoms with Crippen molar-refractivity contribution in [2.75, 3.05) is 17.8 Å². The van der Waals surface area contributed by atoms with E-state index in [4.69, 9.17) is 27.9 Å². The molecule has 0 unspecified atom stereocenters. The highest BCUT2D eigenvalue weighted by molar-refractivity contribution is 7.92. The summed E-state index contributed by atoms with van der Waals surface area (Å²) >= 11 is 12.3. The number of carbonyl (C=O) groups excluding carboxylic acids is 2. The number of benzene rings is 3. The lowest BCUT2D eigenvalue weighted by molar-refractivity contribution is -0.133. The molecule has 2 N–H and O–H groups in total. The molecule has 1 aliphatic heterocycles. The second kappa shape index (κ2) is 11.5. The predicted molar refractivity (Wildman–Crippen MR) is 150 cm³/mol. The van der Waals surface area contributed by atoms with E-state index >= 15 is 0 Å². The average Bonchev–Trinajstić information content (AvgIpc) is 3.77. The number of likely N-dealkylation sites (tertiary alicyclic amines) is 1. The molecule has 0 radical (unpaired) electrons. The highest BCUT2D eigenvalue weighted by atomic mass is 35.5. The largest absolute Gasteiger partial charge is 0.456 e. The van der Waals surface area contributed by atoms with Gasteiger partial charge >= 0.3 is 0 Å². The smallest absolute Gasteiger partial charge is 0.261 e. The topological polar surface area (TPSA) is 105 Å². The molecule has 39 heavy (non-hydrogen) atoms. The average molecular weight is 589 g/mol. The van der Waals surface area contributed by atoms with Crippen LogP contribution in [0, 0.1) is 5.92 Å². The van der Waals surface area contributed by atoms with Crippen LogP contribution in [0.2, 0.25) is 10.0 Å². The molecule has 1 saturated carbocycles. The number of hydrogen-bond acceptors (Lipinski definition) is 5. The van der Waals surface area contributed by atoms with Crippen LogP contribution in [0.4, 0.5) is 5.69 Å². The van der Waals surface area contributed by atoms with Crippen LogP contribution in [0.5, 0.6) is 11.5 Å². The molecule has 5 rings (SSSR count). The lowest BCUT2D eigenvalue weighted by atomic mass is 10.0. The van der Waals surface area contributed by atoms with E-state index in [2.05, 4.69) is 10.0 Å². The molecular formula is C28H27Cl2N3O5S. The van der Waals surface area contributed by atoms with Crippen LogP contribution in [0.3, 0.4) is 0 Å². The second-order valence-corrected chi connectivity index (χ2v) is 12.2. The first-order valence-electron chi connectivity index (χ1n) is 12.6. The van der Waals surface area contributed by atoms with Crippen molar-refractivity contribution < 1.29 is 22.7 Å². The molecule has 0 spiro atoms. The summed E-state index contributed by atoms with van der Waals surface area (Å²) in [5, 5.41) is 3.70. The zero-order valence-electron chi connectivity index (χ0n) is 20.9. The summed E-state index contributed by atoms with van der Waals surface area (Å²) in [6.45, 7) is 1.18. The number of anilines is 1. The molecule has 0 atom stereocenters. The van der Waals surface area contributed by atoms with Crippen molar-refractivity contribution in [1.82, 2.24) is 10.2 Å². The number of para-hydroxylation sites is 1. The van der Waals surface area contributed by atoms with E-state index in [1.54, 1.807) is 24.3 Å². The number of rotatable bonds is 8. The standard InChI is InChI=1S/C28H27Cl2N3O5S/c29-19-7-12-25(23(17-19)27(34)31-20-13-15-33(16-14-20)28(35)18-5-6-18)32-39(36,37)22-10-8-21(9-11-22)38-26-4-2-1-3-24(26)30/h1-4,7-12,17-18,20,32H,5-6,13-16H2,(H,31,34). The Hall–Kier alpha value is -3.27. The Balaban J connectivity index is 1.25. The molecule has 8 nitrogen and oxygen atoms in total. The zero-order chi connectivity index (χ0) is 27.6. The molecule has 1 saturated heterocycles. The molecule has 2 fully saturated rings. The number of nitrogens with zero attached hydrogens (tertiary/aromatic N) is 1. The van der Waals surface area contributed by atoms with E-state index in [-0.39, 0.29) is 34.0 Å². The maximum atomic E-state index is 13.2. The number of hydrogen-bond donors (Lipinski definition) is 2. The minimum Gasteiger partial charge on any atom is -0.456 e. The molecule has 3 aromatic rings. The predicted octanol–water partition coefficient (Wildman–Crippen LogP) is 5.72. The maximum Gasteiger partial charge on any atom is 0.261 e. The lowest BCUT2D eigenvalue weighted by Gasteiger charge is -2.32. The summed E-state index contributed by atoms with van der Waals surface area (Å²) in [6, 6.07) is 17.1. The van der Waals surface area contributed by atoms with Crippen molar-refractivity contribution in [1.29, 1.82) is 0 Å². The van der Waals surface area contributed by atoms with Crippen LogP contribution in [0.15, 0.2) is 71.6 Å². The van der Waals surface area contributed by atoms with Crippen molar-refractivity contribution in [2.45, 2.75) is 36.6 Å². The van der Waals surface area contributed by atoms with Gasteiger partial charge in [-0.05, 0) is 80.3 Å². The van der Waals surface area contributed by atoms with Crippen LogP contribution in [0.1, 0.15) is 36.0 Å². The highest BCUT2D eigenvalue weighted by Crippen LogP contribution is 2.32. The van der Waals surface area contributed by atoms with Gasteiger partial charge in [-0.2, -0.15) is 0 Å². The number of piperidine rings is 1. The molecule has 3 aromatic carbocycles. The summed E-state index contributed by atoms with van der Waals surface area (Å²) < 4.78 is 34.6. The molecule has 2 amide bonds. The molecule has 2 aliphatic rings. The van der Waals surface area contributed by atoms with Gasteiger partial charge in [-0.3, -0.25) is 14.3 Å². The minimum atomic E-state index is -4.03. The summed E-state index contributed by atoms with van der Waals surface area (Å²) in [7, 11) is -4.03. The van der Waals surface area contributed by atoms with Crippen LogP contribution >= 0.6 is 23.2 Å². The summed E-state index contributed by atoms with van der Waals surface area (Å²) in [4.78, 5) is 27.3. The first-order chi connectivity index (χ1) is 18.7. The first-order valence-corrected chi connectivity index (χ1v) is 14.9. The third kappa shape index (κ3) is 6.66. The molecule has 204 valence electrons. The minimum absolute atomic E-state index is 0.0111. The van der Waals surface area contributed by atoms with Crippen molar-refractivity contribution in [2.24, 2.45) is 5.92 Å². The Morgan fingerprint density at radius 1 is 0.897 bits per heavy atom. The number of halogens is 2. The van der Waals surface area contributed by atoms with Gasteiger partial charge in [0.25, 0.3) is 15.9 Å². The molecule has 0 bridgehead atoms. The monoisotopic (exact) mass is 587 g/mol. The van der Waals surface area contributed by atoms with Crippen molar-refractivity contribution in [3.63, 3.8) is 0 Å². The SMILES string of the molecule is O=C(NC1CCN(C(=O)C2CC2)CC1)c1cc(Cl)ccc1NS(=O)(=O)c1ccc(Oc2ccccc2Cl)cc1. The van der Waals surface area contributed by atoms with Gasteiger partial charge in [0.2, 0.25) is 5.91 Å². The summed E-state index contributed by atoms with van der Waals surface area (Å²) in [5.41, 5.74) is 0.218. The Bertz CT molecular complexity index is 1490. The Morgan fingerprint density at radius 2 is 1.59 bits per heavy atom. The van der Waals surface area contributed by atoms with Gasteiger partial charge in [0.15, 0.2) is 0 Å². The second-order valence-electron chi connectivity index (χ2n) is 9.65. The van der Waals surface area contributed by atoms with Crippen LogP contribution in [-0.4, -0.2) is 44.3 Å². The number of sulfonamides is 1. The number of ether oxygens (including phenoxy) is 1. The van der Waals surface area contributed by atoms with Crippen molar-refractivity contribution in [3.05, 3.63) is 82.3 Å². The molecule has 1 aliphatic carbocycles. The van der Waals surface area contributed by atoms with Gasteiger partial charge in [0, 0.05) is 30.1 Å². The first kappa shape index (κ1) is 27.3. The highest BCUT2D eigenvalue weighted by Gasteiger charge is 2.35. The van der Waals surface area contributed by atoms with E-state index < -0.39 is 15.9 Å². The fourth-order valence-electron chi connectivity index (χ4n) is 4.43. The van der Waals surface area contributed by atoms with E-state index in [0.717, 1.165) is 12.8 Å². The van der Waals surface area contributed by atoms with E-state index in [0.29, 0.717) is 47.5 Å². The van der Waals surface area contributed by atoms with Crippen LogP contribution in [0.25, 0.3) is 0 Å². The van der Waals surface area contributed by atoms with E-state index in [1.165, 1.54) is 42.5 Å². The van der Waals surface area contributed by atoms with Gasteiger partial charge in [-0.25, -0.2) is 8.42 Å². The van der Waals surface area contributed by atoms with Crippen LogP contribution in [-0.2, 0) is 14.8 Å². The van der Waals surface area contributed by atoms with Crippen molar-refractivity contribution in [3.8, 4) is 11.5 Å². The summed E-state index contributed by atoms with van der Waals surface area (Å²) in [6.07, 6.45) is 3.19.